The van der Waals surface area contributed by atoms with E-state index in [1.165, 1.54) is 0 Å². The normalized spacial score (nSPS) is 17.3. The molecule has 1 aliphatic heterocycles. The second-order valence-corrected chi connectivity index (χ2v) is 7.26. The number of anilines is 1. The first-order valence-corrected chi connectivity index (χ1v) is 8.51. The predicted molar refractivity (Wildman–Crippen MR) is 94.5 cm³/mol. The van der Waals surface area contributed by atoms with Gasteiger partial charge in [0.25, 0.3) is 0 Å². The van der Waals surface area contributed by atoms with Crippen molar-refractivity contribution in [2.24, 2.45) is 11.1 Å². The number of amides is 1. The molecular formula is C14H16Br2N2O2S. The molecule has 1 aromatic carbocycles. The molecule has 114 valence electrons. The molecule has 0 aliphatic carbocycles. The smallest absolute Gasteiger partial charge is 0.237 e. The minimum Gasteiger partial charge on any atom is -0.392 e. The molecule has 1 amide bonds. The average molecular weight is 436 g/mol. The second kappa shape index (κ2) is 6.73. The van der Waals surface area contributed by atoms with Crippen LogP contribution in [0.5, 0.6) is 0 Å². The number of hydrogen-bond donors (Lipinski definition) is 2. The van der Waals surface area contributed by atoms with Gasteiger partial charge in [0.15, 0.2) is 0 Å². The van der Waals surface area contributed by atoms with Crippen molar-refractivity contribution < 1.29 is 9.53 Å². The predicted octanol–water partition coefficient (Wildman–Crippen LogP) is 3.54. The molecule has 0 bridgehead atoms. The number of carbonyl (C=O) groups is 1. The van der Waals surface area contributed by atoms with Gasteiger partial charge in [-0.1, -0.05) is 12.2 Å². The van der Waals surface area contributed by atoms with Gasteiger partial charge in [0.2, 0.25) is 5.91 Å². The lowest BCUT2D eigenvalue weighted by molar-refractivity contribution is -0.126. The number of carbonyl (C=O) groups excluding carboxylic acids is 1. The molecule has 1 aliphatic rings. The molecule has 0 saturated carbocycles. The Labute approximate surface area is 146 Å². The number of halogens is 2. The Morgan fingerprint density at radius 3 is 2.33 bits per heavy atom. The van der Waals surface area contributed by atoms with Crippen LogP contribution in [-0.4, -0.2) is 24.1 Å². The van der Waals surface area contributed by atoms with Gasteiger partial charge in [-0.15, -0.1) is 0 Å². The summed E-state index contributed by atoms with van der Waals surface area (Å²) in [7, 11) is 0. The third-order valence-electron chi connectivity index (χ3n) is 3.68. The van der Waals surface area contributed by atoms with Crippen molar-refractivity contribution in [2.45, 2.75) is 19.8 Å². The maximum absolute atomic E-state index is 12.7. The van der Waals surface area contributed by atoms with Crippen molar-refractivity contribution in [3.8, 4) is 0 Å². The molecule has 1 aromatic rings. The van der Waals surface area contributed by atoms with E-state index < -0.39 is 5.41 Å². The van der Waals surface area contributed by atoms with Gasteiger partial charge in [-0.05, 0) is 69.3 Å². The summed E-state index contributed by atoms with van der Waals surface area (Å²) in [6, 6.07) is 3.88. The number of hydrogen-bond acceptors (Lipinski definition) is 3. The van der Waals surface area contributed by atoms with Crippen LogP contribution < -0.4 is 11.1 Å². The van der Waals surface area contributed by atoms with Crippen molar-refractivity contribution >= 4 is 60.7 Å². The summed E-state index contributed by atoms with van der Waals surface area (Å²) in [4.78, 5) is 13.0. The van der Waals surface area contributed by atoms with E-state index in [4.69, 9.17) is 22.7 Å². The summed E-state index contributed by atoms with van der Waals surface area (Å²) >= 11 is 12.1. The summed E-state index contributed by atoms with van der Waals surface area (Å²) in [6.45, 7) is 2.96. The molecule has 1 saturated heterocycles. The van der Waals surface area contributed by atoms with Crippen LogP contribution in [0.3, 0.4) is 0 Å². The average Bonchev–Trinajstić information content (AvgIpc) is 2.43. The number of nitrogens with two attached hydrogens (primary N) is 1. The number of aryl methyl sites for hydroxylation is 1. The SMILES string of the molecule is Cc1cc(Br)c(NC(=O)C2(C(N)=S)CCOCC2)c(Br)c1. The number of rotatable bonds is 3. The summed E-state index contributed by atoms with van der Waals surface area (Å²) in [6.07, 6.45) is 1.02. The van der Waals surface area contributed by atoms with E-state index in [1.54, 1.807) is 0 Å². The van der Waals surface area contributed by atoms with Gasteiger partial charge in [-0.3, -0.25) is 4.79 Å². The van der Waals surface area contributed by atoms with Crippen molar-refractivity contribution in [2.75, 3.05) is 18.5 Å². The van der Waals surface area contributed by atoms with Crippen molar-refractivity contribution in [1.29, 1.82) is 0 Å². The standard InChI is InChI=1S/C14H16Br2N2O2S/c1-8-6-9(15)11(10(16)7-8)18-13(19)14(12(17)21)2-4-20-5-3-14/h6-7H,2-5H2,1H3,(H2,17,21)(H,18,19). The quantitative estimate of drug-likeness (QED) is 0.712. The first-order valence-electron chi connectivity index (χ1n) is 6.51. The number of thiocarbonyl (C=S) groups is 1. The monoisotopic (exact) mass is 434 g/mol. The van der Waals surface area contributed by atoms with E-state index >= 15 is 0 Å². The Kier molecular flexibility index (Phi) is 5.40. The summed E-state index contributed by atoms with van der Waals surface area (Å²) in [5.41, 5.74) is 6.79. The first-order chi connectivity index (χ1) is 9.86. The third kappa shape index (κ3) is 3.47. The highest BCUT2D eigenvalue weighted by atomic mass is 79.9. The van der Waals surface area contributed by atoms with E-state index in [2.05, 4.69) is 37.2 Å². The zero-order chi connectivity index (χ0) is 15.6. The fraction of sp³-hybridized carbons (Fsp3) is 0.429. The van der Waals surface area contributed by atoms with Crippen LogP contribution >= 0.6 is 44.1 Å². The topological polar surface area (TPSA) is 64.4 Å². The van der Waals surface area contributed by atoms with Crippen LogP contribution in [0, 0.1) is 12.3 Å². The highest BCUT2D eigenvalue weighted by Crippen LogP contribution is 2.37. The summed E-state index contributed by atoms with van der Waals surface area (Å²) in [5, 5.41) is 2.94. The zero-order valence-corrected chi connectivity index (χ0v) is 15.5. The molecule has 0 spiro atoms. The molecule has 0 radical (unpaired) electrons. The number of nitrogens with one attached hydrogen (secondary N) is 1. The maximum atomic E-state index is 12.7. The number of ether oxygens (including phenoxy) is 1. The fourth-order valence-electron chi connectivity index (χ4n) is 2.36. The van der Waals surface area contributed by atoms with Gasteiger partial charge in [-0.25, -0.2) is 0 Å². The number of benzene rings is 1. The Balaban J connectivity index is 2.30. The molecule has 0 unspecified atom stereocenters. The fourth-order valence-corrected chi connectivity index (χ4v) is 4.27. The van der Waals surface area contributed by atoms with Gasteiger partial charge in [0.1, 0.15) is 5.41 Å². The lowest BCUT2D eigenvalue weighted by Gasteiger charge is -2.34. The van der Waals surface area contributed by atoms with Crippen LogP contribution in [0.15, 0.2) is 21.1 Å². The first kappa shape index (κ1) is 16.9. The van der Waals surface area contributed by atoms with E-state index in [0.29, 0.717) is 31.7 Å². The molecule has 2 rings (SSSR count). The van der Waals surface area contributed by atoms with Gasteiger partial charge in [0, 0.05) is 22.2 Å². The Hall–Kier alpha value is -0.500. The molecule has 0 aromatic heterocycles. The molecular weight excluding hydrogens is 420 g/mol. The minimum atomic E-state index is -0.836. The van der Waals surface area contributed by atoms with Crippen molar-refractivity contribution in [1.82, 2.24) is 0 Å². The zero-order valence-electron chi connectivity index (χ0n) is 11.5. The summed E-state index contributed by atoms with van der Waals surface area (Å²) < 4.78 is 6.95. The Morgan fingerprint density at radius 2 is 1.86 bits per heavy atom. The van der Waals surface area contributed by atoms with E-state index in [0.717, 1.165) is 14.5 Å². The van der Waals surface area contributed by atoms with Crippen LogP contribution in [0.1, 0.15) is 18.4 Å². The van der Waals surface area contributed by atoms with Crippen molar-refractivity contribution in [3.05, 3.63) is 26.6 Å². The van der Waals surface area contributed by atoms with Crippen LogP contribution in [0.25, 0.3) is 0 Å². The minimum absolute atomic E-state index is 0.177. The molecule has 1 fully saturated rings. The van der Waals surface area contributed by atoms with E-state index in [9.17, 15) is 4.79 Å². The van der Waals surface area contributed by atoms with Crippen molar-refractivity contribution in [3.63, 3.8) is 0 Å². The van der Waals surface area contributed by atoms with Gasteiger partial charge >= 0.3 is 0 Å². The van der Waals surface area contributed by atoms with Gasteiger partial charge < -0.3 is 15.8 Å². The summed E-state index contributed by atoms with van der Waals surface area (Å²) in [5.74, 6) is -0.177. The highest BCUT2D eigenvalue weighted by molar-refractivity contribution is 9.11. The van der Waals surface area contributed by atoms with E-state index in [-0.39, 0.29) is 10.9 Å². The lowest BCUT2D eigenvalue weighted by Crippen LogP contribution is -2.49. The molecule has 1 heterocycles. The second-order valence-electron chi connectivity index (χ2n) is 5.12. The Bertz CT molecular complexity index is 563. The maximum Gasteiger partial charge on any atom is 0.237 e. The highest BCUT2D eigenvalue weighted by Gasteiger charge is 2.43. The van der Waals surface area contributed by atoms with Crippen LogP contribution in [-0.2, 0) is 9.53 Å². The Morgan fingerprint density at radius 1 is 1.33 bits per heavy atom. The van der Waals surface area contributed by atoms with Gasteiger partial charge in [0.05, 0.1) is 10.7 Å². The van der Waals surface area contributed by atoms with Crippen LogP contribution in [0.4, 0.5) is 5.69 Å². The molecule has 4 nitrogen and oxygen atoms in total. The largest absolute Gasteiger partial charge is 0.392 e. The third-order valence-corrected chi connectivity index (χ3v) is 5.32. The molecule has 0 atom stereocenters. The molecule has 21 heavy (non-hydrogen) atoms. The van der Waals surface area contributed by atoms with Gasteiger partial charge in [-0.2, -0.15) is 0 Å². The lowest BCUT2D eigenvalue weighted by atomic mass is 9.79. The van der Waals surface area contributed by atoms with Crippen LogP contribution in [0.2, 0.25) is 0 Å². The van der Waals surface area contributed by atoms with E-state index in [1.807, 2.05) is 19.1 Å². The molecule has 7 heteroatoms. The molecule has 3 N–H and O–H groups in total.